The number of benzene rings is 1. The number of aromatic nitrogens is 2. The lowest BCUT2D eigenvalue weighted by Gasteiger charge is -2.33. The molecule has 1 saturated carbocycles. The molecule has 2 aromatic rings. The van der Waals surface area contributed by atoms with Crippen LogP contribution in [0.4, 0.5) is 10.5 Å². The summed E-state index contributed by atoms with van der Waals surface area (Å²) in [5.41, 5.74) is 6.45. The number of hydrogen-bond donors (Lipinski definition) is 3. The van der Waals surface area contributed by atoms with Gasteiger partial charge in [-0.25, -0.2) is 9.89 Å². The number of methoxy groups -OCH3 is 1. The summed E-state index contributed by atoms with van der Waals surface area (Å²) in [5.74, 6) is 0.341. The fraction of sp³-hybridized carbons (Fsp3) is 0.263. The fourth-order valence-corrected chi connectivity index (χ4v) is 3.83. The molecule has 2 heterocycles. The number of hydrogen-bond acceptors (Lipinski definition) is 7. The van der Waals surface area contributed by atoms with Crippen LogP contribution in [0.2, 0.25) is 10.0 Å². The van der Waals surface area contributed by atoms with Gasteiger partial charge in [0.2, 0.25) is 5.88 Å². The molecule has 2 amide bonds. The first-order chi connectivity index (χ1) is 14.8. The minimum Gasteiger partial charge on any atom is -0.434 e. The highest BCUT2D eigenvalue weighted by molar-refractivity contribution is 6.37. The number of ether oxygens (including phenoxy) is 2. The third-order valence-corrected chi connectivity index (χ3v) is 5.64. The maximum atomic E-state index is 12.2. The Morgan fingerprint density at radius 1 is 1.23 bits per heavy atom. The van der Waals surface area contributed by atoms with E-state index in [0.717, 1.165) is 17.9 Å². The lowest BCUT2D eigenvalue weighted by atomic mass is 9.78. The number of aromatic amines is 1. The standard InChI is InChI=1S/C19H18Cl2N6O4/c1-8-17(22)26-27(19(29)23-8)10-5-13(20)16(14(21)6-10)31-15-7-12(18(28)25-24-15)9-3-11(4-9)30-2/h5-7,9,11H,1,3-4H2,2H3,(H2,22,26)(H,23,29)(H,25,28). The molecule has 0 spiro atoms. The molecule has 10 nitrogen and oxygen atoms in total. The number of nitrogens with two attached hydrogens (primary N) is 1. The van der Waals surface area contributed by atoms with Crippen molar-refractivity contribution in [3.05, 3.63) is 56.4 Å². The van der Waals surface area contributed by atoms with Gasteiger partial charge in [0.25, 0.3) is 5.56 Å². The van der Waals surface area contributed by atoms with Crippen molar-refractivity contribution in [2.24, 2.45) is 10.8 Å². The predicted octanol–water partition coefficient (Wildman–Crippen LogP) is 3.08. The quantitative estimate of drug-likeness (QED) is 0.621. The summed E-state index contributed by atoms with van der Waals surface area (Å²) in [5, 5.41) is 14.0. The molecule has 4 N–H and O–H groups in total. The number of amidine groups is 1. The molecule has 31 heavy (non-hydrogen) atoms. The number of anilines is 1. The number of carbonyl (C=O) groups excluding carboxylic acids is 1. The number of carbonyl (C=O) groups is 1. The second-order valence-corrected chi connectivity index (χ2v) is 7.88. The van der Waals surface area contributed by atoms with E-state index < -0.39 is 6.03 Å². The second-order valence-electron chi connectivity index (χ2n) is 7.06. The Morgan fingerprint density at radius 2 is 1.90 bits per heavy atom. The third-order valence-electron chi connectivity index (χ3n) is 5.08. The van der Waals surface area contributed by atoms with E-state index in [1.54, 1.807) is 13.2 Å². The van der Waals surface area contributed by atoms with Crippen LogP contribution in [0.3, 0.4) is 0 Å². The summed E-state index contributed by atoms with van der Waals surface area (Å²) >= 11 is 12.7. The molecule has 162 valence electrons. The van der Waals surface area contributed by atoms with Gasteiger partial charge in [-0.05, 0) is 30.9 Å². The predicted molar refractivity (Wildman–Crippen MR) is 116 cm³/mol. The van der Waals surface area contributed by atoms with Crippen molar-refractivity contribution in [3.8, 4) is 11.6 Å². The maximum absolute atomic E-state index is 12.2. The van der Waals surface area contributed by atoms with Gasteiger partial charge in [0.05, 0.1) is 27.5 Å². The Morgan fingerprint density at radius 3 is 2.55 bits per heavy atom. The molecule has 0 unspecified atom stereocenters. The van der Waals surface area contributed by atoms with E-state index in [2.05, 4.69) is 27.2 Å². The molecule has 1 aromatic heterocycles. The van der Waals surface area contributed by atoms with Crippen molar-refractivity contribution in [2.75, 3.05) is 12.1 Å². The van der Waals surface area contributed by atoms with Crippen molar-refractivity contribution in [3.63, 3.8) is 0 Å². The van der Waals surface area contributed by atoms with Crippen molar-refractivity contribution in [2.45, 2.75) is 24.9 Å². The molecule has 0 bridgehead atoms. The molecule has 0 atom stereocenters. The van der Waals surface area contributed by atoms with Crippen LogP contribution >= 0.6 is 23.2 Å². The van der Waals surface area contributed by atoms with Gasteiger partial charge in [0.1, 0.15) is 0 Å². The first-order valence-electron chi connectivity index (χ1n) is 9.20. The van der Waals surface area contributed by atoms with Gasteiger partial charge >= 0.3 is 6.03 Å². The number of urea groups is 1. The third kappa shape index (κ3) is 4.09. The van der Waals surface area contributed by atoms with Crippen molar-refractivity contribution in [1.82, 2.24) is 15.5 Å². The molecule has 4 rings (SSSR count). The van der Waals surface area contributed by atoms with E-state index in [0.29, 0.717) is 5.56 Å². The molecule has 1 fully saturated rings. The summed E-state index contributed by atoms with van der Waals surface area (Å²) in [7, 11) is 1.64. The monoisotopic (exact) mass is 464 g/mol. The van der Waals surface area contributed by atoms with Crippen molar-refractivity contribution >= 4 is 40.8 Å². The number of halogens is 2. The maximum Gasteiger partial charge on any atom is 0.347 e. The molecular formula is C19H18Cl2N6O4. The van der Waals surface area contributed by atoms with Crippen LogP contribution in [0.25, 0.3) is 0 Å². The SMILES string of the molecule is C=C1NC(=O)N(c2cc(Cl)c(Oc3cc(C4CC(OC)C4)c(=O)[nH]n3)c(Cl)c2)N=C1N. The lowest BCUT2D eigenvalue weighted by Crippen LogP contribution is -2.45. The van der Waals surface area contributed by atoms with Gasteiger partial charge in [-0.1, -0.05) is 29.8 Å². The van der Waals surface area contributed by atoms with Gasteiger partial charge in [-0.2, -0.15) is 5.01 Å². The van der Waals surface area contributed by atoms with E-state index in [-0.39, 0.29) is 56.5 Å². The number of hydrazone groups is 1. The zero-order valence-corrected chi connectivity index (χ0v) is 17.8. The van der Waals surface area contributed by atoms with Gasteiger partial charge in [-0.15, -0.1) is 10.2 Å². The van der Waals surface area contributed by atoms with E-state index >= 15 is 0 Å². The fourth-order valence-electron chi connectivity index (χ4n) is 3.27. The minimum absolute atomic E-state index is 0.0452. The average molecular weight is 465 g/mol. The average Bonchev–Trinajstić information content (AvgIpc) is 2.68. The molecule has 2 aliphatic rings. The lowest BCUT2D eigenvalue weighted by molar-refractivity contribution is 0.0253. The minimum atomic E-state index is -0.568. The van der Waals surface area contributed by atoms with E-state index in [4.69, 9.17) is 38.4 Å². The topological polar surface area (TPSA) is 135 Å². The van der Waals surface area contributed by atoms with Gasteiger partial charge in [0, 0.05) is 18.7 Å². The summed E-state index contributed by atoms with van der Waals surface area (Å²) in [6, 6.07) is 3.87. The zero-order chi connectivity index (χ0) is 22.3. The zero-order valence-electron chi connectivity index (χ0n) is 16.3. The van der Waals surface area contributed by atoms with E-state index in [1.165, 1.54) is 12.1 Å². The Kier molecular flexibility index (Phi) is 5.61. The molecular weight excluding hydrogens is 447 g/mol. The van der Waals surface area contributed by atoms with Gasteiger partial charge < -0.3 is 20.5 Å². The van der Waals surface area contributed by atoms with Gasteiger partial charge in [0.15, 0.2) is 11.6 Å². The van der Waals surface area contributed by atoms with E-state index in [9.17, 15) is 9.59 Å². The highest BCUT2D eigenvalue weighted by Crippen LogP contribution is 2.41. The van der Waals surface area contributed by atoms with Crippen LogP contribution in [0.1, 0.15) is 24.3 Å². The summed E-state index contributed by atoms with van der Waals surface area (Å²) < 4.78 is 11.0. The Balaban J connectivity index is 1.60. The largest absolute Gasteiger partial charge is 0.434 e. The van der Waals surface area contributed by atoms with Crippen LogP contribution in [0.15, 0.2) is 40.4 Å². The smallest absolute Gasteiger partial charge is 0.347 e. The van der Waals surface area contributed by atoms with E-state index in [1.807, 2.05) is 0 Å². The number of nitrogens with one attached hydrogen (secondary N) is 2. The van der Waals surface area contributed by atoms with Gasteiger partial charge in [-0.3, -0.25) is 4.79 Å². The molecule has 1 aliphatic carbocycles. The first kappa shape index (κ1) is 21.2. The normalized spacial score (nSPS) is 20.7. The van der Waals surface area contributed by atoms with Crippen LogP contribution in [0, 0.1) is 0 Å². The number of amides is 2. The molecule has 12 heteroatoms. The molecule has 1 aliphatic heterocycles. The molecule has 1 aromatic carbocycles. The summed E-state index contributed by atoms with van der Waals surface area (Å²) in [6.07, 6.45) is 1.62. The number of rotatable bonds is 5. The summed E-state index contributed by atoms with van der Waals surface area (Å²) in [4.78, 5) is 24.3. The van der Waals surface area contributed by atoms with Crippen LogP contribution in [0.5, 0.6) is 11.6 Å². The highest BCUT2D eigenvalue weighted by atomic mass is 35.5. The Hall–Kier alpha value is -3.08. The van der Waals surface area contributed by atoms with Crippen LogP contribution in [-0.2, 0) is 4.74 Å². The highest BCUT2D eigenvalue weighted by Gasteiger charge is 2.32. The Bertz CT molecular complexity index is 1140. The van der Waals surface area contributed by atoms with Crippen molar-refractivity contribution < 1.29 is 14.3 Å². The number of H-pyrrole nitrogens is 1. The summed E-state index contributed by atoms with van der Waals surface area (Å²) in [6.45, 7) is 3.59. The Labute approximate surface area is 186 Å². The first-order valence-corrected chi connectivity index (χ1v) is 9.96. The van der Waals surface area contributed by atoms with Crippen LogP contribution < -0.4 is 26.4 Å². The van der Waals surface area contributed by atoms with Crippen LogP contribution in [-0.4, -0.2) is 35.3 Å². The number of nitrogens with zero attached hydrogens (tertiary/aromatic N) is 3. The molecule has 0 saturated heterocycles. The molecule has 0 radical (unpaired) electrons. The second kappa shape index (κ2) is 8.22. The van der Waals surface area contributed by atoms with Crippen molar-refractivity contribution in [1.29, 1.82) is 0 Å².